The SMILES string of the molecule is O=C(O)c1ccc(OCc2csc3ccccc23)cc1F. The van der Waals surface area contributed by atoms with Crippen molar-refractivity contribution in [2.75, 3.05) is 0 Å². The lowest BCUT2D eigenvalue weighted by Gasteiger charge is -2.06. The fourth-order valence-corrected chi connectivity index (χ4v) is 3.01. The molecule has 0 aliphatic heterocycles. The van der Waals surface area contributed by atoms with E-state index in [1.165, 1.54) is 16.8 Å². The zero-order valence-electron chi connectivity index (χ0n) is 10.9. The van der Waals surface area contributed by atoms with Gasteiger partial charge in [-0.15, -0.1) is 11.3 Å². The summed E-state index contributed by atoms with van der Waals surface area (Å²) in [5, 5.41) is 11.9. The smallest absolute Gasteiger partial charge is 0.338 e. The summed E-state index contributed by atoms with van der Waals surface area (Å²) < 4.78 is 20.3. The summed E-state index contributed by atoms with van der Waals surface area (Å²) in [6, 6.07) is 11.7. The molecule has 2 aromatic carbocycles. The molecule has 0 radical (unpaired) electrons. The van der Waals surface area contributed by atoms with Crippen LogP contribution in [0.1, 0.15) is 15.9 Å². The molecule has 3 nitrogen and oxygen atoms in total. The molecule has 0 atom stereocenters. The molecule has 5 heteroatoms. The van der Waals surface area contributed by atoms with Crippen LogP contribution < -0.4 is 4.74 Å². The van der Waals surface area contributed by atoms with Crippen LogP contribution in [0.25, 0.3) is 10.1 Å². The summed E-state index contributed by atoms with van der Waals surface area (Å²) >= 11 is 1.63. The van der Waals surface area contributed by atoms with E-state index in [2.05, 4.69) is 0 Å². The van der Waals surface area contributed by atoms with Crippen LogP contribution in [0.2, 0.25) is 0 Å². The van der Waals surface area contributed by atoms with Crippen molar-refractivity contribution in [2.45, 2.75) is 6.61 Å². The van der Waals surface area contributed by atoms with E-state index in [0.717, 1.165) is 17.0 Å². The first-order valence-corrected chi connectivity index (χ1v) is 7.14. The maximum absolute atomic E-state index is 13.6. The average Bonchev–Trinajstić information content (AvgIpc) is 2.88. The number of benzene rings is 2. The monoisotopic (exact) mass is 302 g/mol. The molecule has 3 aromatic rings. The Morgan fingerprint density at radius 3 is 2.81 bits per heavy atom. The quantitative estimate of drug-likeness (QED) is 0.781. The molecule has 0 spiro atoms. The normalized spacial score (nSPS) is 10.7. The molecule has 1 N–H and O–H groups in total. The van der Waals surface area contributed by atoms with Gasteiger partial charge >= 0.3 is 5.97 Å². The van der Waals surface area contributed by atoms with Gasteiger partial charge in [-0.05, 0) is 29.0 Å². The summed E-state index contributed by atoms with van der Waals surface area (Å²) in [6.07, 6.45) is 0. The summed E-state index contributed by atoms with van der Waals surface area (Å²) in [7, 11) is 0. The third-order valence-electron chi connectivity index (χ3n) is 3.13. The number of aromatic carboxylic acids is 1. The minimum absolute atomic E-state index is 0.313. The lowest BCUT2D eigenvalue weighted by Crippen LogP contribution is -2.01. The number of thiophene rings is 1. The van der Waals surface area contributed by atoms with Crippen molar-refractivity contribution in [2.24, 2.45) is 0 Å². The first-order chi connectivity index (χ1) is 10.1. The predicted octanol–water partition coefficient (Wildman–Crippen LogP) is 4.32. The lowest BCUT2D eigenvalue weighted by molar-refractivity contribution is 0.0692. The van der Waals surface area contributed by atoms with Crippen LogP contribution in [0.5, 0.6) is 5.75 Å². The van der Waals surface area contributed by atoms with Gasteiger partial charge in [0.1, 0.15) is 18.2 Å². The van der Waals surface area contributed by atoms with Crippen molar-refractivity contribution in [3.8, 4) is 5.75 Å². The second-order valence-electron chi connectivity index (χ2n) is 4.49. The zero-order valence-corrected chi connectivity index (χ0v) is 11.7. The van der Waals surface area contributed by atoms with E-state index in [-0.39, 0.29) is 5.56 Å². The Morgan fingerprint density at radius 1 is 1.24 bits per heavy atom. The van der Waals surface area contributed by atoms with E-state index in [4.69, 9.17) is 9.84 Å². The van der Waals surface area contributed by atoms with Crippen molar-refractivity contribution < 1.29 is 19.0 Å². The predicted molar refractivity (Wildman–Crippen MR) is 79.5 cm³/mol. The standard InChI is InChI=1S/C16H11FO3S/c17-14-7-11(5-6-13(14)16(18)19)20-8-10-9-21-15-4-2-1-3-12(10)15/h1-7,9H,8H2,(H,18,19). The number of rotatable bonds is 4. The average molecular weight is 302 g/mol. The second kappa shape index (κ2) is 5.54. The highest BCUT2D eigenvalue weighted by molar-refractivity contribution is 7.17. The lowest BCUT2D eigenvalue weighted by atomic mass is 10.2. The van der Waals surface area contributed by atoms with Crippen LogP contribution >= 0.6 is 11.3 Å². The van der Waals surface area contributed by atoms with Crippen molar-refractivity contribution in [1.29, 1.82) is 0 Å². The Hall–Kier alpha value is -2.40. The van der Waals surface area contributed by atoms with Crippen LogP contribution in [-0.4, -0.2) is 11.1 Å². The summed E-state index contributed by atoms with van der Waals surface area (Å²) in [4.78, 5) is 10.7. The minimum Gasteiger partial charge on any atom is -0.489 e. The molecule has 0 unspecified atom stereocenters. The number of carboxylic acid groups (broad SMARTS) is 1. The van der Waals surface area contributed by atoms with E-state index in [1.54, 1.807) is 11.3 Å². The van der Waals surface area contributed by atoms with Gasteiger partial charge in [0.2, 0.25) is 0 Å². The number of ether oxygens (including phenoxy) is 1. The molecule has 0 amide bonds. The van der Waals surface area contributed by atoms with Gasteiger partial charge in [-0.2, -0.15) is 0 Å². The molecule has 0 aliphatic rings. The number of fused-ring (bicyclic) bond motifs is 1. The fraction of sp³-hybridized carbons (Fsp3) is 0.0625. The van der Waals surface area contributed by atoms with E-state index in [0.29, 0.717) is 12.4 Å². The highest BCUT2D eigenvalue weighted by Gasteiger charge is 2.11. The topological polar surface area (TPSA) is 46.5 Å². The molecule has 0 bridgehead atoms. The fourth-order valence-electron chi connectivity index (χ4n) is 2.06. The maximum Gasteiger partial charge on any atom is 0.338 e. The van der Waals surface area contributed by atoms with E-state index in [9.17, 15) is 9.18 Å². The maximum atomic E-state index is 13.6. The van der Waals surface area contributed by atoms with Crippen molar-refractivity contribution in [3.05, 3.63) is 64.8 Å². The first kappa shape index (κ1) is 13.6. The number of carbonyl (C=O) groups is 1. The van der Waals surface area contributed by atoms with Crippen LogP contribution in [0.3, 0.4) is 0 Å². The Kier molecular flexibility index (Phi) is 3.58. The number of halogens is 1. The Balaban J connectivity index is 1.79. The van der Waals surface area contributed by atoms with E-state index >= 15 is 0 Å². The van der Waals surface area contributed by atoms with Crippen LogP contribution in [-0.2, 0) is 6.61 Å². The Labute approximate surface area is 124 Å². The van der Waals surface area contributed by atoms with Gasteiger partial charge in [0.15, 0.2) is 0 Å². The van der Waals surface area contributed by atoms with Crippen molar-refractivity contribution in [1.82, 2.24) is 0 Å². The number of carboxylic acids is 1. The van der Waals surface area contributed by atoms with Crippen molar-refractivity contribution in [3.63, 3.8) is 0 Å². The van der Waals surface area contributed by atoms with Gasteiger partial charge in [0.05, 0.1) is 5.56 Å². The molecular formula is C16H11FO3S. The van der Waals surface area contributed by atoms with Gasteiger partial charge in [0.25, 0.3) is 0 Å². The van der Waals surface area contributed by atoms with E-state index in [1.807, 2.05) is 29.6 Å². The van der Waals surface area contributed by atoms with E-state index < -0.39 is 11.8 Å². The summed E-state index contributed by atoms with van der Waals surface area (Å²) in [5.74, 6) is -1.77. The van der Waals surface area contributed by atoms with Crippen LogP contribution in [0, 0.1) is 5.82 Å². The van der Waals surface area contributed by atoms with Gasteiger partial charge < -0.3 is 9.84 Å². The second-order valence-corrected chi connectivity index (χ2v) is 5.40. The molecule has 0 saturated heterocycles. The highest BCUT2D eigenvalue weighted by Crippen LogP contribution is 2.27. The summed E-state index contributed by atoms with van der Waals surface area (Å²) in [5.41, 5.74) is 0.668. The zero-order chi connectivity index (χ0) is 14.8. The Morgan fingerprint density at radius 2 is 2.05 bits per heavy atom. The molecule has 1 heterocycles. The number of hydrogen-bond acceptors (Lipinski definition) is 3. The van der Waals surface area contributed by atoms with Crippen LogP contribution in [0.4, 0.5) is 4.39 Å². The molecule has 21 heavy (non-hydrogen) atoms. The number of hydrogen-bond donors (Lipinski definition) is 1. The molecule has 106 valence electrons. The van der Waals surface area contributed by atoms with Gasteiger partial charge in [-0.3, -0.25) is 0 Å². The van der Waals surface area contributed by atoms with Gasteiger partial charge in [0, 0.05) is 16.3 Å². The molecule has 0 fully saturated rings. The largest absolute Gasteiger partial charge is 0.489 e. The third-order valence-corrected chi connectivity index (χ3v) is 4.14. The minimum atomic E-state index is -1.29. The molecule has 0 saturated carbocycles. The third kappa shape index (κ3) is 2.73. The van der Waals surface area contributed by atoms with Gasteiger partial charge in [-0.25, -0.2) is 9.18 Å². The molecule has 3 rings (SSSR count). The molecule has 0 aliphatic carbocycles. The van der Waals surface area contributed by atoms with Crippen LogP contribution in [0.15, 0.2) is 47.8 Å². The Bertz CT molecular complexity index is 810. The molecular weight excluding hydrogens is 291 g/mol. The highest BCUT2D eigenvalue weighted by atomic mass is 32.1. The van der Waals surface area contributed by atoms with Crippen molar-refractivity contribution >= 4 is 27.4 Å². The molecule has 1 aromatic heterocycles. The van der Waals surface area contributed by atoms with Gasteiger partial charge in [-0.1, -0.05) is 18.2 Å². The first-order valence-electron chi connectivity index (χ1n) is 6.26. The summed E-state index contributed by atoms with van der Waals surface area (Å²) in [6.45, 7) is 0.315.